The van der Waals surface area contributed by atoms with Gasteiger partial charge in [-0.15, -0.1) is 11.6 Å². The number of Topliss-reactive ketones (excluding diaryl/α,β-unsaturated/α-hetero) is 1. The lowest BCUT2D eigenvalue weighted by Crippen LogP contribution is -2.44. The van der Waals surface area contributed by atoms with Crippen LogP contribution < -0.4 is 0 Å². The van der Waals surface area contributed by atoms with Crippen molar-refractivity contribution in [1.82, 2.24) is 0 Å². The van der Waals surface area contributed by atoms with Crippen LogP contribution >= 0.6 is 11.6 Å². The summed E-state index contributed by atoms with van der Waals surface area (Å²) in [5.41, 5.74) is 9.31. The fourth-order valence-electron chi connectivity index (χ4n) is 9.15. The van der Waals surface area contributed by atoms with E-state index in [1.165, 1.54) is 10.8 Å². The number of halogens is 1. The monoisotopic (exact) mass is 748 g/mol. The lowest BCUT2D eigenvalue weighted by molar-refractivity contribution is 0.0960. The molecule has 0 fully saturated rings. The topological polar surface area (TPSA) is 17.1 Å². The molecule has 9 aromatic rings. The van der Waals surface area contributed by atoms with Gasteiger partial charge in [0.15, 0.2) is 5.78 Å². The van der Waals surface area contributed by atoms with Gasteiger partial charge in [-0.25, -0.2) is 0 Å². The van der Waals surface area contributed by atoms with Gasteiger partial charge in [0.25, 0.3) is 0 Å². The molecule has 2 unspecified atom stereocenters. The van der Waals surface area contributed by atoms with Gasteiger partial charge in [0, 0.05) is 11.5 Å². The first-order valence-corrected chi connectivity index (χ1v) is 19.8. The van der Waals surface area contributed by atoms with Gasteiger partial charge in [-0.1, -0.05) is 218 Å². The van der Waals surface area contributed by atoms with E-state index in [4.69, 9.17) is 11.6 Å². The second kappa shape index (κ2) is 14.4. The van der Waals surface area contributed by atoms with Crippen molar-refractivity contribution >= 4 is 72.0 Å². The third-order valence-corrected chi connectivity index (χ3v) is 12.2. The van der Waals surface area contributed by atoms with Crippen LogP contribution in [-0.2, 0) is 0 Å². The van der Waals surface area contributed by atoms with Gasteiger partial charge in [0.05, 0.1) is 0 Å². The van der Waals surface area contributed by atoms with Crippen LogP contribution in [0.15, 0.2) is 218 Å². The molecule has 270 valence electrons. The normalized spacial score (nSPS) is 17.0. The van der Waals surface area contributed by atoms with E-state index in [1.807, 2.05) is 48.5 Å². The Morgan fingerprint density at radius 1 is 0.386 bits per heavy atom. The molecular formula is C55H37ClO. The van der Waals surface area contributed by atoms with Crippen molar-refractivity contribution < 1.29 is 4.79 Å². The molecule has 0 radical (unpaired) electrons. The summed E-state index contributed by atoms with van der Waals surface area (Å²) in [5, 5.41) is 6.53. The van der Waals surface area contributed by atoms with Crippen LogP contribution in [-0.4, -0.2) is 10.7 Å². The first-order chi connectivity index (χ1) is 28.1. The fourth-order valence-corrected chi connectivity index (χ4v) is 9.69. The number of benzene rings is 9. The number of rotatable bonds is 7. The van der Waals surface area contributed by atoms with Gasteiger partial charge in [0.2, 0.25) is 0 Å². The van der Waals surface area contributed by atoms with E-state index < -0.39 is 10.8 Å². The zero-order valence-corrected chi connectivity index (χ0v) is 31.9. The number of carbonyl (C=O) groups excluding carboxylic acids is 1. The molecule has 57 heavy (non-hydrogen) atoms. The molecule has 9 aromatic carbocycles. The fraction of sp³-hybridized carbons (Fsp3) is 0.0364. The minimum Gasteiger partial charge on any atom is -0.292 e. The molecular weight excluding hydrogens is 712 g/mol. The molecule has 0 saturated heterocycles. The van der Waals surface area contributed by atoms with Crippen LogP contribution in [0.2, 0.25) is 0 Å². The van der Waals surface area contributed by atoms with Crippen LogP contribution in [0.5, 0.6) is 0 Å². The molecule has 0 amide bonds. The summed E-state index contributed by atoms with van der Waals surface area (Å²) in [6.45, 7) is 0. The first-order valence-electron chi connectivity index (χ1n) is 19.5. The number of alkyl halides is 1. The third-order valence-electron chi connectivity index (χ3n) is 11.6. The van der Waals surface area contributed by atoms with Crippen molar-refractivity contribution in [3.05, 3.63) is 252 Å². The van der Waals surface area contributed by atoms with E-state index in [0.29, 0.717) is 5.56 Å². The van der Waals surface area contributed by atoms with Gasteiger partial charge in [0.1, 0.15) is 4.87 Å². The standard InChI is InChI=1S/C55H37ClO/c56-55(54(57)48-32-18-31-44-46-34-33-37-19-16-17-30-43(37)45(46)35-36-47(44)48)52(41-26-12-4-13-27-41)50(39-22-8-2-9-23-39)49(38-20-6-1-7-21-38)51(40-24-10-3-11-25-40)53(55)42-28-14-5-15-29-42/h1-36,52H. The van der Waals surface area contributed by atoms with Crippen LogP contribution in [0.3, 0.4) is 0 Å². The quantitative estimate of drug-likeness (QED) is 0.0901. The average molecular weight is 749 g/mol. The summed E-state index contributed by atoms with van der Waals surface area (Å²) in [7, 11) is 0. The number of carbonyl (C=O) groups is 1. The molecule has 2 heteroatoms. The van der Waals surface area contributed by atoms with Gasteiger partial charge in [-0.2, -0.15) is 0 Å². The summed E-state index contributed by atoms with van der Waals surface area (Å²) < 4.78 is 0. The van der Waals surface area contributed by atoms with Crippen molar-refractivity contribution in [2.24, 2.45) is 0 Å². The Bertz CT molecular complexity index is 3010. The molecule has 10 rings (SSSR count). The third kappa shape index (κ3) is 5.74. The maximum absolute atomic E-state index is 16.5. The molecule has 1 aliphatic carbocycles. The number of hydrogen-bond donors (Lipinski definition) is 0. The molecule has 0 aromatic heterocycles. The van der Waals surface area contributed by atoms with Gasteiger partial charge < -0.3 is 0 Å². The predicted octanol–water partition coefficient (Wildman–Crippen LogP) is 14.3. The summed E-state index contributed by atoms with van der Waals surface area (Å²) in [5.74, 6) is -0.732. The van der Waals surface area contributed by atoms with E-state index in [9.17, 15) is 0 Å². The lowest BCUT2D eigenvalue weighted by Gasteiger charge is -2.45. The van der Waals surface area contributed by atoms with Gasteiger partial charge in [-0.05, 0) is 82.4 Å². The minimum absolute atomic E-state index is 0.142. The number of allylic oxidation sites excluding steroid dienone is 4. The van der Waals surface area contributed by atoms with Crippen molar-refractivity contribution in [1.29, 1.82) is 0 Å². The average Bonchev–Trinajstić information content (AvgIpc) is 3.29. The largest absolute Gasteiger partial charge is 0.292 e. The smallest absolute Gasteiger partial charge is 0.189 e. The van der Waals surface area contributed by atoms with E-state index in [-0.39, 0.29) is 5.78 Å². The summed E-state index contributed by atoms with van der Waals surface area (Å²) >= 11 is 8.66. The summed E-state index contributed by atoms with van der Waals surface area (Å²) in [6, 6.07) is 75.4. The maximum atomic E-state index is 16.5. The molecule has 0 aliphatic heterocycles. The highest BCUT2D eigenvalue weighted by molar-refractivity contribution is 6.51. The Hall–Kier alpha value is -6.80. The molecule has 0 bridgehead atoms. The van der Waals surface area contributed by atoms with Gasteiger partial charge in [-0.3, -0.25) is 4.79 Å². The second-order valence-corrected chi connectivity index (χ2v) is 15.3. The van der Waals surface area contributed by atoms with Crippen molar-refractivity contribution in [3.63, 3.8) is 0 Å². The molecule has 0 N–H and O–H groups in total. The van der Waals surface area contributed by atoms with Crippen molar-refractivity contribution in [2.45, 2.75) is 10.8 Å². The van der Waals surface area contributed by atoms with E-state index in [2.05, 4.69) is 170 Å². The molecule has 0 spiro atoms. The number of fused-ring (bicyclic) bond motifs is 5. The molecule has 0 saturated carbocycles. The van der Waals surface area contributed by atoms with Crippen molar-refractivity contribution in [2.75, 3.05) is 0 Å². The maximum Gasteiger partial charge on any atom is 0.189 e. The number of ketones is 1. The predicted molar refractivity (Wildman–Crippen MR) is 240 cm³/mol. The highest BCUT2D eigenvalue weighted by Gasteiger charge is 2.55. The van der Waals surface area contributed by atoms with Crippen LogP contribution in [0.4, 0.5) is 0 Å². The Balaban J connectivity index is 1.36. The van der Waals surface area contributed by atoms with Crippen molar-refractivity contribution in [3.8, 4) is 0 Å². The highest BCUT2D eigenvalue weighted by atomic mass is 35.5. The van der Waals surface area contributed by atoms with E-state index in [1.54, 1.807) is 0 Å². The van der Waals surface area contributed by atoms with E-state index in [0.717, 1.165) is 71.7 Å². The Labute approximate surface area is 337 Å². The summed E-state index contributed by atoms with van der Waals surface area (Å²) in [4.78, 5) is 14.9. The summed E-state index contributed by atoms with van der Waals surface area (Å²) in [6.07, 6.45) is 0. The lowest BCUT2D eigenvalue weighted by atomic mass is 9.61. The number of hydrogen-bond acceptors (Lipinski definition) is 1. The van der Waals surface area contributed by atoms with Crippen LogP contribution in [0.1, 0.15) is 44.1 Å². The Kier molecular flexibility index (Phi) is 8.74. The molecule has 0 heterocycles. The van der Waals surface area contributed by atoms with Crippen LogP contribution in [0.25, 0.3) is 54.6 Å². The molecule has 1 aliphatic rings. The van der Waals surface area contributed by atoms with E-state index >= 15 is 4.79 Å². The zero-order valence-electron chi connectivity index (χ0n) is 31.1. The highest BCUT2D eigenvalue weighted by Crippen LogP contribution is 2.62. The first kappa shape index (κ1) is 34.7. The SMILES string of the molecule is O=C(c1cccc2c1ccc1c3ccccc3ccc21)C1(Cl)C(c2ccccc2)=C(c2ccccc2)C(c2ccccc2)=C(c2ccccc2)C1c1ccccc1. The molecule has 2 atom stereocenters. The van der Waals surface area contributed by atoms with Gasteiger partial charge >= 0.3 is 0 Å². The molecule has 1 nitrogen and oxygen atoms in total. The second-order valence-electron chi connectivity index (χ2n) is 14.7. The zero-order chi connectivity index (χ0) is 38.3. The Morgan fingerprint density at radius 2 is 0.842 bits per heavy atom. The minimum atomic E-state index is -1.61. The Morgan fingerprint density at radius 3 is 1.49 bits per heavy atom. The van der Waals surface area contributed by atoms with Crippen LogP contribution in [0, 0.1) is 0 Å².